The summed E-state index contributed by atoms with van der Waals surface area (Å²) in [6.07, 6.45) is 1.79. The maximum absolute atomic E-state index is 12.8. The highest BCUT2D eigenvalue weighted by atomic mass is 32.2. The van der Waals surface area contributed by atoms with E-state index < -0.39 is 4.92 Å². The topological polar surface area (TPSA) is 66.7 Å². The van der Waals surface area contributed by atoms with Gasteiger partial charge in [0.2, 0.25) is 0 Å². The molecule has 0 N–H and O–H groups in total. The van der Waals surface area contributed by atoms with E-state index in [2.05, 4.69) is 36.9 Å². The van der Waals surface area contributed by atoms with Crippen LogP contribution in [0.3, 0.4) is 0 Å². The molecule has 6 nitrogen and oxygen atoms in total. The third kappa shape index (κ3) is 3.93. The van der Waals surface area contributed by atoms with E-state index in [-0.39, 0.29) is 11.6 Å². The highest BCUT2D eigenvalue weighted by Crippen LogP contribution is 2.29. The highest BCUT2D eigenvalue weighted by Gasteiger charge is 2.25. The first-order valence-corrected chi connectivity index (χ1v) is 10.1. The molecule has 27 heavy (non-hydrogen) atoms. The molecule has 1 aliphatic heterocycles. The fourth-order valence-corrected chi connectivity index (χ4v) is 3.92. The SMILES string of the molecule is CSc1ccc(C(=O)N2CCN(c3cccc(C)c3C)CC2)cc1[N+](=O)[O-]. The first-order valence-electron chi connectivity index (χ1n) is 8.85. The van der Waals surface area contributed by atoms with E-state index >= 15 is 0 Å². The number of thioether (sulfide) groups is 1. The minimum atomic E-state index is -0.429. The number of amides is 1. The van der Waals surface area contributed by atoms with Crippen molar-refractivity contribution in [1.82, 2.24) is 4.90 Å². The number of anilines is 1. The lowest BCUT2D eigenvalue weighted by Gasteiger charge is -2.37. The quantitative estimate of drug-likeness (QED) is 0.454. The molecule has 0 aromatic heterocycles. The number of carbonyl (C=O) groups excluding carboxylic acids is 1. The Kier molecular flexibility index (Phi) is 5.70. The average molecular weight is 385 g/mol. The molecule has 2 aromatic carbocycles. The van der Waals surface area contributed by atoms with Gasteiger partial charge in [0, 0.05) is 43.5 Å². The van der Waals surface area contributed by atoms with Crippen LogP contribution >= 0.6 is 11.8 Å². The lowest BCUT2D eigenvalue weighted by atomic mass is 10.1. The summed E-state index contributed by atoms with van der Waals surface area (Å²) in [7, 11) is 0. The maximum atomic E-state index is 12.8. The second-order valence-electron chi connectivity index (χ2n) is 6.64. The summed E-state index contributed by atoms with van der Waals surface area (Å²) in [6, 6.07) is 11.0. The van der Waals surface area contributed by atoms with Gasteiger partial charge in [-0.1, -0.05) is 12.1 Å². The summed E-state index contributed by atoms with van der Waals surface area (Å²) in [6.45, 7) is 6.93. The second kappa shape index (κ2) is 8.00. The van der Waals surface area contributed by atoms with Gasteiger partial charge in [0.1, 0.15) is 0 Å². The third-order valence-corrected chi connectivity index (χ3v) is 5.89. The maximum Gasteiger partial charge on any atom is 0.283 e. The predicted octanol–water partition coefficient (Wildman–Crippen LogP) is 3.90. The lowest BCUT2D eigenvalue weighted by molar-refractivity contribution is -0.387. The van der Waals surface area contributed by atoms with Gasteiger partial charge in [0.25, 0.3) is 11.6 Å². The first kappa shape index (κ1) is 19.2. The van der Waals surface area contributed by atoms with Crippen LogP contribution in [0.15, 0.2) is 41.3 Å². The fourth-order valence-electron chi connectivity index (χ4n) is 3.38. The largest absolute Gasteiger partial charge is 0.368 e. The molecule has 1 amide bonds. The molecule has 7 heteroatoms. The van der Waals surface area contributed by atoms with Gasteiger partial charge in [0.15, 0.2) is 0 Å². The molecule has 1 saturated heterocycles. The summed E-state index contributed by atoms with van der Waals surface area (Å²) in [5, 5.41) is 11.3. The van der Waals surface area contributed by atoms with Crippen LogP contribution in [-0.4, -0.2) is 48.2 Å². The Morgan fingerprint density at radius 2 is 1.81 bits per heavy atom. The van der Waals surface area contributed by atoms with Crippen LogP contribution in [0.4, 0.5) is 11.4 Å². The summed E-state index contributed by atoms with van der Waals surface area (Å²) < 4.78 is 0. The number of nitrogens with zero attached hydrogens (tertiary/aromatic N) is 3. The van der Waals surface area contributed by atoms with Crippen molar-refractivity contribution >= 4 is 29.0 Å². The molecule has 0 aliphatic carbocycles. The van der Waals surface area contributed by atoms with E-state index in [9.17, 15) is 14.9 Å². The molecular formula is C20H23N3O3S. The number of nitro benzene ring substituents is 1. The monoisotopic (exact) mass is 385 g/mol. The summed E-state index contributed by atoms with van der Waals surface area (Å²) in [5.74, 6) is -0.147. The number of nitro groups is 1. The van der Waals surface area contributed by atoms with Crippen molar-refractivity contribution in [3.63, 3.8) is 0 Å². The van der Waals surface area contributed by atoms with E-state index in [0.29, 0.717) is 23.5 Å². The van der Waals surface area contributed by atoms with Gasteiger partial charge >= 0.3 is 0 Å². The molecule has 0 saturated carbocycles. The zero-order chi connectivity index (χ0) is 19.6. The van der Waals surface area contributed by atoms with Crippen molar-refractivity contribution in [2.24, 2.45) is 0 Å². The Morgan fingerprint density at radius 3 is 2.44 bits per heavy atom. The first-order chi connectivity index (χ1) is 12.9. The van der Waals surface area contributed by atoms with Gasteiger partial charge in [-0.15, -0.1) is 11.8 Å². The van der Waals surface area contributed by atoms with Crippen molar-refractivity contribution in [3.8, 4) is 0 Å². The molecular weight excluding hydrogens is 362 g/mol. The zero-order valence-electron chi connectivity index (χ0n) is 15.8. The molecule has 0 atom stereocenters. The van der Waals surface area contributed by atoms with Gasteiger partial charge in [-0.3, -0.25) is 14.9 Å². The Balaban J connectivity index is 1.73. The number of piperazine rings is 1. The van der Waals surface area contributed by atoms with Gasteiger partial charge in [-0.25, -0.2) is 0 Å². The summed E-state index contributed by atoms with van der Waals surface area (Å²) in [4.78, 5) is 28.3. The minimum Gasteiger partial charge on any atom is -0.368 e. The molecule has 1 aliphatic rings. The second-order valence-corrected chi connectivity index (χ2v) is 7.49. The van der Waals surface area contributed by atoms with Crippen LogP contribution in [0.2, 0.25) is 0 Å². The molecule has 2 aromatic rings. The van der Waals surface area contributed by atoms with Crippen molar-refractivity contribution in [3.05, 3.63) is 63.2 Å². The van der Waals surface area contributed by atoms with E-state index in [1.54, 1.807) is 23.3 Å². The van der Waals surface area contributed by atoms with Gasteiger partial charge in [-0.05, 0) is 49.4 Å². The van der Waals surface area contributed by atoms with Gasteiger partial charge in [-0.2, -0.15) is 0 Å². The van der Waals surface area contributed by atoms with Gasteiger partial charge < -0.3 is 9.80 Å². The van der Waals surface area contributed by atoms with Crippen LogP contribution in [0, 0.1) is 24.0 Å². The van der Waals surface area contributed by atoms with Crippen LogP contribution in [0.25, 0.3) is 0 Å². The van der Waals surface area contributed by atoms with E-state index in [1.165, 1.54) is 34.6 Å². The number of rotatable bonds is 4. The Morgan fingerprint density at radius 1 is 1.11 bits per heavy atom. The summed E-state index contributed by atoms with van der Waals surface area (Å²) >= 11 is 1.31. The van der Waals surface area contributed by atoms with Crippen LogP contribution in [-0.2, 0) is 0 Å². The normalized spacial score (nSPS) is 14.3. The molecule has 142 valence electrons. The Hall–Kier alpha value is -2.54. The number of hydrogen-bond acceptors (Lipinski definition) is 5. The number of carbonyl (C=O) groups is 1. The van der Waals surface area contributed by atoms with Crippen molar-refractivity contribution < 1.29 is 9.72 Å². The lowest BCUT2D eigenvalue weighted by Crippen LogP contribution is -2.49. The molecule has 0 unspecified atom stereocenters. The fraction of sp³-hybridized carbons (Fsp3) is 0.350. The van der Waals surface area contributed by atoms with E-state index in [1.807, 2.05) is 0 Å². The number of benzene rings is 2. The smallest absolute Gasteiger partial charge is 0.283 e. The Labute approximate surface area is 163 Å². The molecule has 3 rings (SSSR count). The van der Waals surface area contributed by atoms with E-state index in [0.717, 1.165) is 13.1 Å². The van der Waals surface area contributed by atoms with Crippen LogP contribution in [0.5, 0.6) is 0 Å². The third-order valence-electron chi connectivity index (χ3n) is 5.11. The molecule has 0 bridgehead atoms. The molecule has 1 heterocycles. The number of aryl methyl sites for hydroxylation is 1. The van der Waals surface area contributed by atoms with Gasteiger partial charge in [0.05, 0.1) is 9.82 Å². The highest BCUT2D eigenvalue weighted by molar-refractivity contribution is 7.98. The van der Waals surface area contributed by atoms with Crippen molar-refractivity contribution in [2.75, 3.05) is 37.3 Å². The summed E-state index contributed by atoms with van der Waals surface area (Å²) in [5.41, 5.74) is 4.09. The minimum absolute atomic E-state index is 0.0117. The predicted molar refractivity (Wildman–Crippen MR) is 109 cm³/mol. The standard InChI is InChI=1S/C20H23N3O3S/c1-14-5-4-6-17(15(14)2)21-9-11-22(12-10-21)20(24)16-7-8-19(27-3)18(13-16)23(25)26/h4-8,13H,9-12H2,1-3H3. The van der Waals surface area contributed by atoms with Crippen LogP contribution < -0.4 is 4.90 Å². The van der Waals surface area contributed by atoms with Crippen LogP contribution in [0.1, 0.15) is 21.5 Å². The zero-order valence-corrected chi connectivity index (χ0v) is 16.6. The van der Waals surface area contributed by atoms with Crippen molar-refractivity contribution in [1.29, 1.82) is 0 Å². The Bertz CT molecular complexity index is 877. The molecule has 0 spiro atoms. The number of hydrogen-bond donors (Lipinski definition) is 0. The molecule has 1 fully saturated rings. The van der Waals surface area contributed by atoms with Crippen molar-refractivity contribution in [2.45, 2.75) is 18.7 Å². The average Bonchev–Trinajstić information content (AvgIpc) is 2.69. The molecule has 0 radical (unpaired) electrons. The van der Waals surface area contributed by atoms with E-state index in [4.69, 9.17) is 0 Å².